The first-order valence-corrected chi connectivity index (χ1v) is 27.5. The summed E-state index contributed by atoms with van der Waals surface area (Å²) >= 11 is 0. The van der Waals surface area contributed by atoms with E-state index in [1.807, 2.05) is 6.08 Å². The Morgan fingerprint density at radius 2 is 0.972 bits per heavy atom. The minimum Gasteiger partial charge on any atom is -0.394 e. The lowest BCUT2D eigenvalue weighted by Gasteiger charge is -2.46. The van der Waals surface area contributed by atoms with Crippen LogP contribution in [0.5, 0.6) is 0 Å². The molecule has 2 rings (SSSR count). The molecule has 412 valence electrons. The summed E-state index contributed by atoms with van der Waals surface area (Å²) in [6, 6.07) is -0.945. The molecule has 72 heavy (non-hydrogen) atoms. The predicted octanol–water partition coefficient (Wildman–Crippen LogP) is 8.32. The molecule has 2 aliphatic rings. The molecule has 12 unspecified atom stereocenters. The Labute approximate surface area is 433 Å². The summed E-state index contributed by atoms with van der Waals surface area (Å²) in [5, 5.41) is 86.8. The highest BCUT2D eigenvalue weighted by molar-refractivity contribution is 5.76. The Bertz CT molecular complexity index is 1570. The Morgan fingerprint density at radius 3 is 1.53 bits per heavy atom. The number of hydrogen-bond acceptors (Lipinski definition) is 13. The molecule has 0 spiro atoms. The number of aliphatic hydroxyl groups is 8. The number of amides is 1. The van der Waals surface area contributed by atoms with E-state index in [-0.39, 0.29) is 18.9 Å². The molecule has 2 heterocycles. The van der Waals surface area contributed by atoms with Crippen LogP contribution in [0.25, 0.3) is 0 Å². The number of nitrogens with one attached hydrogen (secondary N) is 1. The monoisotopic (exact) mass is 1020 g/mol. The number of carbonyl (C=O) groups excluding carboxylic acids is 1. The maximum atomic E-state index is 13.2. The van der Waals surface area contributed by atoms with E-state index >= 15 is 0 Å². The molecule has 0 saturated carbocycles. The molecule has 2 fully saturated rings. The Hall–Kier alpha value is -3.09. The van der Waals surface area contributed by atoms with Gasteiger partial charge < -0.3 is 65.1 Å². The van der Waals surface area contributed by atoms with Crippen molar-refractivity contribution in [3.05, 3.63) is 97.2 Å². The van der Waals surface area contributed by atoms with Gasteiger partial charge in [0, 0.05) is 6.42 Å². The van der Waals surface area contributed by atoms with Crippen LogP contribution >= 0.6 is 0 Å². The molecule has 2 saturated heterocycles. The van der Waals surface area contributed by atoms with Gasteiger partial charge in [0.25, 0.3) is 0 Å². The molecule has 0 aliphatic carbocycles. The van der Waals surface area contributed by atoms with E-state index in [1.54, 1.807) is 6.08 Å². The smallest absolute Gasteiger partial charge is 0.220 e. The summed E-state index contributed by atoms with van der Waals surface area (Å²) in [6.45, 7) is 2.61. The van der Waals surface area contributed by atoms with Crippen LogP contribution in [0.1, 0.15) is 168 Å². The molecule has 0 aromatic carbocycles. The van der Waals surface area contributed by atoms with Crippen molar-refractivity contribution in [2.45, 2.75) is 242 Å². The summed E-state index contributed by atoms with van der Waals surface area (Å²) in [7, 11) is 0. The van der Waals surface area contributed by atoms with Crippen LogP contribution < -0.4 is 5.32 Å². The highest BCUT2D eigenvalue weighted by atomic mass is 16.7. The zero-order chi connectivity index (χ0) is 52.4. The molecule has 9 N–H and O–H groups in total. The van der Waals surface area contributed by atoms with Gasteiger partial charge in [-0.1, -0.05) is 175 Å². The van der Waals surface area contributed by atoms with Gasteiger partial charge >= 0.3 is 0 Å². The second-order valence-electron chi connectivity index (χ2n) is 19.0. The van der Waals surface area contributed by atoms with Crippen molar-refractivity contribution >= 4 is 5.91 Å². The zero-order valence-corrected chi connectivity index (χ0v) is 43.9. The van der Waals surface area contributed by atoms with Gasteiger partial charge in [-0.2, -0.15) is 0 Å². The molecule has 0 bridgehead atoms. The maximum Gasteiger partial charge on any atom is 0.220 e. The second kappa shape index (κ2) is 43.2. The lowest BCUT2D eigenvalue weighted by atomic mass is 9.97. The summed E-state index contributed by atoms with van der Waals surface area (Å²) in [6.07, 6.45) is 41.6. The van der Waals surface area contributed by atoms with Crippen molar-refractivity contribution in [1.82, 2.24) is 5.32 Å². The van der Waals surface area contributed by atoms with Crippen LogP contribution in [0.4, 0.5) is 0 Å². The number of rotatable bonds is 41. The van der Waals surface area contributed by atoms with Crippen LogP contribution in [-0.2, 0) is 23.7 Å². The fraction of sp³-hybridized carbons (Fsp3) is 0.707. The van der Waals surface area contributed by atoms with E-state index in [2.05, 4.69) is 104 Å². The largest absolute Gasteiger partial charge is 0.394 e. The lowest BCUT2D eigenvalue weighted by Crippen LogP contribution is -2.65. The van der Waals surface area contributed by atoms with Crippen molar-refractivity contribution in [3.63, 3.8) is 0 Å². The van der Waals surface area contributed by atoms with Crippen LogP contribution in [0.3, 0.4) is 0 Å². The minimum absolute atomic E-state index is 0.250. The molecule has 14 nitrogen and oxygen atoms in total. The number of aliphatic hydroxyl groups excluding tert-OH is 8. The van der Waals surface area contributed by atoms with Gasteiger partial charge in [0.05, 0.1) is 32.0 Å². The molecular weight excluding hydrogens is 919 g/mol. The van der Waals surface area contributed by atoms with Gasteiger partial charge in [-0.05, 0) is 83.5 Å². The van der Waals surface area contributed by atoms with Crippen molar-refractivity contribution in [2.75, 3.05) is 19.8 Å². The third-order valence-corrected chi connectivity index (χ3v) is 12.8. The van der Waals surface area contributed by atoms with E-state index in [0.717, 1.165) is 89.9 Å². The van der Waals surface area contributed by atoms with Crippen molar-refractivity contribution in [2.24, 2.45) is 0 Å². The van der Waals surface area contributed by atoms with Crippen molar-refractivity contribution < 1.29 is 64.6 Å². The fourth-order valence-electron chi connectivity index (χ4n) is 8.31. The first kappa shape index (κ1) is 65.0. The van der Waals surface area contributed by atoms with Crippen LogP contribution in [0, 0.1) is 0 Å². The Kier molecular flexibility index (Phi) is 39.0. The fourth-order valence-corrected chi connectivity index (χ4v) is 8.31. The molecule has 2 aliphatic heterocycles. The topological polar surface area (TPSA) is 228 Å². The van der Waals surface area contributed by atoms with Gasteiger partial charge in [-0.25, -0.2) is 0 Å². The average molecular weight is 1020 g/mol. The summed E-state index contributed by atoms with van der Waals surface area (Å²) in [4.78, 5) is 13.2. The number of hydrogen-bond donors (Lipinski definition) is 9. The van der Waals surface area contributed by atoms with Crippen LogP contribution in [0.2, 0.25) is 0 Å². The number of ether oxygens (including phenoxy) is 4. The summed E-state index contributed by atoms with van der Waals surface area (Å²) in [5.74, 6) is -0.270. The zero-order valence-electron chi connectivity index (χ0n) is 43.9. The molecule has 0 aromatic heterocycles. The molecule has 0 aromatic rings. The van der Waals surface area contributed by atoms with Gasteiger partial charge in [0.2, 0.25) is 5.91 Å². The van der Waals surface area contributed by atoms with Crippen LogP contribution in [-0.4, -0.2) is 140 Å². The first-order chi connectivity index (χ1) is 35.1. The molecule has 1 amide bonds. The predicted molar refractivity (Wildman–Crippen MR) is 286 cm³/mol. The second-order valence-corrected chi connectivity index (χ2v) is 19.0. The van der Waals surface area contributed by atoms with Crippen molar-refractivity contribution in [3.8, 4) is 0 Å². The lowest BCUT2D eigenvalue weighted by molar-refractivity contribution is -0.359. The van der Waals surface area contributed by atoms with Gasteiger partial charge in [-0.15, -0.1) is 0 Å². The summed E-state index contributed by atoms with van der Waals surface area (Å²) < 4.78 is 22.7. The first-order valence-electron chi connectivity index (χ1n) is 27.5. The number of unbranched alkanes of at least 4 members (excludes halogenated alkanes) is 14. The number of allylic oxidation sites excluding steroid dienone is 15. The highest BCUT2D eigenvalue weighted by Crippen LogP contribution is 2.30. The van der Waals surface area contributed by atoms with Gasteiger partial charge in [-0.3, -0.25) is 4.79 Å². The standard InChI is InChI=1S/C58H97NO13/c1-3-5-7-9-11-13-15-17-18-19-20-21-22-23-24-25-26-27-28-30-32-34-36-38-40-42-50(63)59-46(47(62)41-39-37-35-33-31-29-16-14-12-10-8-6-4-2)45-69-57-55(68)53(66)56(49(44-61)71-57)72-58-54(67)52(65)51(64)48(43-60)70-58/h5,7,11,13,17-18,20-21,23-24,26-27,31,33,39,41,46-49,51-58,60-62,64-68H,3-4,6,8-10,12,14-16,19,22,25,28-30,32,34-38,40,42-45H2,1-2H3,(H,59,63)/b7-5-,13-11-,18-17-,21-20-,24-23-,27-26-,33-31+,41-39+. The molecule has 0 radical (unpaired) electrons. The van der Waals surface area contributed by atoms with E-state index in [0.29, 0.717) is 12.8 Å². The third kappa shape index (κ3) is 29.1. The van der Waals surface area contributed by atoms with Crippen LogP contribution in [0.15, 0.2) is 97.2 Å². The van der Waals surface area contributed by atoms with Gasteiger partial charge in [0.1, 0.15) is 48.8 Å². The van der Waals surface area contributed by atoms with Crippen molar-refractivity contribution in [1.29, 1.82) is 0 Å². The Morgan fingerprint density at radius 1 is 0.514 bits per heavy atom. The van der Waals surface area contributed by atoms with E-state index in [1.165, 1.54) is 44.9 Å². The minimum atomic E-state index is -1.80. The Balaban J connectivity index is 1.80. The van der Waals surface area contributed by atoms with E-state index in [9.17, 15) is 45.6 Å². The van der Waals surface area contributed by atoms with Gasteiger partial charge in [0.15, 0.2) is 12.6 Å². The highest BCUT2D eigenvalue weighted by Gasteiger charge is 2.51. The number of carbonyl (C=O) groups is 1. The SMILES string of the molecule is CC/C=C\C/C=C\C/C=C\C/C=C\C/C=C\C/C=C\CCCCCCCCC(=O)NC(COC1OC(CO)C(OC2OC(CO)C(O)C(O)C2O)C(O)C1O)C(O)/C=C/CC/C=C/CCCCCCCCC. The molecule has 12 atom stereocenters. The van der Waals surface area contributed by atoms with E-state index < -0.39 is 86.8 Å². The molecule has 14 heteroatoms. The average Bonchev–Trinajstić information content (AvgIpc) is 3.38. The summed E-state index contributed by atoms with van der Waals surface area (Å²) in [5.41, 5.74) is 0. The quantitative estimate of drug-likeness (QED) is 0.0208. The maximum absolute atomic E-state index is 13.2. The molecular formula is C58H97NO13. The third-order valence-electron chi connectivity index (χ3n) is 12.8. The van der Waals surface area contributed by atoms with E-state index in [4.69, 9.17) is 18.9 Å². The normalized spacial score (nSPS) is 26.4.